The first-order valence-electron chi connectivity index (χ1n) is 7.36. The van der Waals surface area contributed by atoms with Crippen molar-refractivity contribution in [1.82, 2.24) is 10.0 Å². The molecule has 0 aliphatic carbocycles. The average molecular weight is 312 g/mol. The van der Waals surface area contributed by atoms with Crippen molar-refractivity contribution in [3.63, 3.8) is 0 Å². The monoisotopic (exact) mass is 312 g/mol. The van der Waals surface area contributed by atoms with Crippen LogP contribution in [0.15, 0.2) is 29.2 Å². The summed E-state index contributed by atoms with van der Waals surface area (Å²) >= 11 is 0. The third-order valence-corrected chi connectivity index (χ3v) is 5.50. The Balaban J connectivity index is 2.03. The third-order valence-electron chi connectivity index (χ3n) is 3.93. The molecule has 0 bridgehead atoms. The van der Waals surface area contributed by atoms with Gasteiger partial charge in [0.1, 0.15) is 0 Å². The van der Waals surface area contributed by atoms with E-state index in [0.29, 0.717) is 10.8 Å². The van der Waals surface area contributed by atoms with Crippen LogP contribution in [-0.4, -0.2) is 34.7 Å². The van der Waals surface area contributed by atoms with E-state index in [-0.39, 0.29) is 6.04 Å². The SMILES string of the molecule is CNCc1ccc(S(=O)(=O)NC(C)C2CCOCC2)cc1. The molecule has 1 aliphatic rings. The fraction of sp³-hybridized carbons (Fsp3) is 0.600. The lowest BCUT2D eigenvalue weighted by Crippen LogP contribution is -2.40. The Kier molecular flexibility index (Phi) is 5.75. The molecule has 1 aromatic rings. The van der Waals surface area contributed by atoms with Crippen LogP contribution in [-0.2, 0) is 21.3 Å². The zero-order chi connectivity index (χ0) is 15.3. The molecule has 1 atom stereocenters. The molecule has 2 N–H and O–H groups in total. The van der Waals surface area contributed by atoms with E-state index in [9.17, 15) is 8.42 Å². The lowest BCUT2D eigenvalue weighted by molar-refractivity contribution is 0.0585. The second-order valence-corrected chi connectivity index (χ2v) is 7.25. The summed E-state index contributed by atoms with van der Waals surface area (Å²) in [6.45, 7) is 4.10. The highest BCUT2D eigenvalue weighted by Crippen LogP contribution is 2.20. The maximum Gasteiger partial charge on any atom is 0.240 e. The summed E-state index contributed by atoms with van der Waals surface area (Å²) in [5, 5.41) is 3.04. The number of hydrogen-bond donors (Lipinski definition) is 2. The fourth-order valence-corrected chi connectivity index (χ4v) is 3.93. The van der Waals surface area contributed by atoms with Crippen LogP contribution in [0.1, 0.15) is 25.3 Å². The number of rotatable bonds is 6. The number of sulfonamides is 1. The standard InChI is InChI=1S/C15H24N2O3S/c1-12(14-7-9-20-10-8-14)17-21(18,19)15-5-3-13(4-6-15)11-16-2/h3-6,12,14,16-17H,7-11H2,1-2H3. The van der Waals surface area contributed by atoms with Crippen LogP contribution in [0.3, 0.4) is 0 Å². The molecule has 0 saturated carbocycles. The molecular weight excluding hydrogens is 288 g/mol. The number of hydrogen-bond acceptors (Lipinski definition) is 4. The van der Waals surface area contributed by atoms with Gasteiger partial charge in [0.2, 0.25) is 10.0 Å². The number of benzene rings is 1. The molecular formula is C15H24N2O3S. The van der Waals surface area contributed by atoms with Crippen LogP contribution in [0.5, 0.6) is 0 Å². The summed E-state index contributed by atoms with van der Waals surface area (Å²) in [6.07, 6.45) is 1.82. The molecule has 21 heavy (non-hydrogen) atoms. The van der Waals surface area contributed by atoms with Crippen LogP contribution in [0, 0.1) is 5.92 Å². The van der Waals surface area contributed by atoms with Gasteiger partial charge in [-0.05, 0) is 50.4 Å². The first kappa shape index (κ1) is 16.4. The van der Waals surface area contributed by atoms with Crippen molar-refractivity contribution >= 4 is 10.0 Å². The van der Waals surface area contributed by atoms with Crippen molar-refractivity contribution in [2.45, 2.75) is 37.2 Å². The van der Waals surface area contributed by atoms with Crippen molar-refractivity contribution in [3.05, 3.63) is 29.8 Å². The van der Waals surface area contributed by atoms with E-state index in [2.05, 4.69) is 10.0 Å². The van der Waals surface area contributed by atoms with Crippen LogP contribution in [0.4, 0.5) is 0 Å². The Labute approximate surface area is 127 Å². The topological polar surface area (TPSA) is 67.4 Å². The minimum absolute atomic E-state index is 0.0733. The average Bonchev–Trinajstić information content (AvgIpc) is 2.48. The summed E-state index contributed by atoms with van der Waals surface area (Å²) in [5.41, 5.74) is 1.06. The molecule has 1 unspecified atom stereocenters. The Morgan fingerprint density at radius 3 is 2.43 bits per heavy atom. The zero-order valence-electron chi connectivity index (χ0n) is 12.6. The summed E-state index contributed by atoms with van der Waals surface area (Å²) in [7, 11) is -1.59. The molecule has 1 fully saturated rings. The van der Waals surface area contributed by atoms with Gasteiger partial charge in [-0.1, -0.05) is 12.1 Å². The minimum atomic E-state index is -3.45. The predicted molar refractivity (Wildman–Crippen MR) is 82.5 cm³/mol. The van der Waals surface area contributed by atoms with E-state index in [4.69, 9.17) is 4.74 Å². The second kappa shape index (κ2) is 7.35. The van der Waals surface area contributed by atoms with Crippen molar-refractivity contribution in [2.24, 2.45) is 5.92 Å². The quantitative estimate of drug-likeness (QED) is 0.835. The van der Waals surface area contributed by atoms with E-state index in [1.165, 1.54) is 0 Å². The van der Waals surface area contributed by atoms with Crippen LogP contribution in [0.25, 0.3) is 0 Å². The first-order chi connectivity index (χ1) is 10.0. The van der Waals surface area contributed by atoms with Crippen LogP contribution < -0.4 is 10.0 Å². The highest BCUT2D eigenvalue weighted by Gasteiger charge is 2.25. The molecule has 0 radical (unpaired) electrons. The summed E-state index contributed by atoms with van der Waals surface area (Å²) < 4.78 is 32.9. The smallest absolute Gasteiger partial charge is 0.240 e. The molecule has 5 nitrogen and oxygen atoms in total. The molecule has 118 valence electrons. The summed E-state index contributed by atoms with van der Waals surface area (Å²) in [4.78, 5) is 0.321. The van der Waals surface area contributed by atoms with E-state index in [1.807, 2.05) is 26.1 Å². The summed E-state index contributed by atoms with van der Waals surface area (Å²) in [5.74, 6) is 0.345. The maximum atomic E-state index is 12.4. The van der Waals surface area contributed by atoms with E-state index >= 15 is 0 Å². The Morgan fingerprint density at radius 2 is 1.86 bits per heavy atom. The lowest BCUT2D eigenvalue weighted by atomic mass is 9.94. The molecule has 6 heteroatoms. The lowest BCUT2D eigenvalue weighted by Gasteiger charge is -2.28. The van der Waals surface area contributed by atoms with Gasteiger partial charge in [-0.2, -0.15) is 0 Å². The van der Waals surface area contributed by atoms with Gasteiger partial charge in [0, 0.05) is 25.8 Å². The Bertz CT molecular complexity index is 537. The van der Waals surface area contributed by atoms with Crippen molar-refractivity contribution < 1.29 is 13.2 Å². The molecule has 0 amide bonds. The summed E-state index contributed by atoms with van der Waals surface area (Å²) in [6, 6.07) is 6.92. The van der Waals surface area contributed by atoms with Gasteiger partial charge in [0.15, 0.2) is 0 Å². The van der Waals surface area contributed by atoms with Crippen molar-refractivity contribution in [3.8, 4) is 0 Å². The second-order valence-electron chi connectivity index (χ2n) is 5.53. The van der Waals surface area contributed by atoms with Gasteiger partial charge in [-0.3, -0.25) is 0 Å². The predicted octanol–water partition coefficient (Wildman–Crippen LogP) is 1.50. The van der Waals surface area contributed by atoms with Crippen molar-refractivity contribution in [1.29, 1.82) is 0 Å². The van der Waals surface area contributed by atoms with Crippen molar-refractivity contribution in [2.75, 3.05) is 20.3 Å². The molecule has 0 spiro atoms. The zero-order valence-corrected chi connectivity index (χ0v) is 13.4. The van der Waals surface area contributed by atoms with E-state index < -0.39 is 10.0 Å². The van der Waals surface area contributed by atoms with Gasteiger partial charge in [-0.25, -0.2) is 13.1 Å². The molecule has 2 rings (SSSR count). The minimum Gasteiger partial charge on any atom is -0.381 e. The number of ether oxygens (including phenoxy) is 1. The molecule has 1 aliphatic heterocycles. The molecule has 1 aromatic carbocycles. The maximum absolute atomic E-state index is 12.4. The van der Waals surface area contributed by atoms with Gasteiger partial charge < -0.3 is 10.1 Å². The highest BCUT2D eigenvalue weighted by molar-refractivity contribution is 7.89. The fourth-order valence-electron chi connectivity index (χ4n) is 2.62. The molecule has 1 heterocycles. The third kappa shape index (κ3) is 4.51. The largest absolute Gasteiger partial charge is 0.381 e. The normalized spacial score (nSPS) is 18.6. The Hall–Kier alpha value is -0.950. The van der Waals surface area contributed by atoms with E-state index in [0.717, 1.165) is 38.2 Å². The van der Waals surface area contributed by atoms with Crippen LogP contribution >= 0.6 is 0 Å². The number of nitrogens with one attached hydrogen (secondary N) is 2. The van der Waals surface area contributed by atoms with Gasteiger partial charge in [0.05, 0.1) is 4.90 Å². The van der Waals surface area contributed by atoms with E-state index in [1.54, 1.807) is 12.1 Å². The van der Waals surface area contributed by atoms with Gasteiger partial charge >= 0.3 is 0 Å². The van der Waals surface area contributed by atoms with Crippen LogP contribution in [0.2, 0.25) is 0 Å². The Morgan fingerprint density at radius 1 is 1.24 bits per heavy atom. The molecule has 0 aromatic heterocycles. The highest BCUT2D eigenvalue weighted by atomic mass is 32.2. The first-order valence-corrected chi connectivity index (χ1v) is 8.85. The van der Waals surface area contributed by atoms with Gasteiger partial charge in [0.25, 0.3) is 0 Å². The molecule has 1 saturated heterocycles. The van der Waals surface area contributed by atoms with Gasteiger partial charge in [-0.15, -0.1) is 0 Å².